The van der Waals surface area contributed by atoms with Crippen molar-refractivity contribution in [3.63, 3.8) is 0 Å². The molecule has 0 spiro atoms. The molecule has 0 atom stereocenters. The van der Waals surface area contributed by atoms with Crippen LogP contribution in [0.25, 0.3) is 0 Å². The molecule has 0 radical (unpaired) electrons. The van der Waals surface area contributed by atoms with Gasteiger partial charge in [0.25, 0.3) is 0 Å². The molecule has 86 valence electrons. The Morgan fingerprint density at radius 3 is 1.64 bits per heavy atom. The van der Waals surface area contributed by atoms with Crippen molar-refractivity contribution in [2.24, 2.45) is 0 Å². The molecular formula is C7H12ClF4NO. The summed E-state index contributed by atoms with van der Waals surface area (Å²) in [6.07, 6.45) is -4.83. The molecule has 7 heteroatoms. The number of ether oxygens (including phenoxy) is 1. The van der Waals surface area contributed by atoms with Gasteiger partial charge in [-0.25, -0.2) is 0 Å². The number of rotatable bonds is 3. The Balaban J connectivity index is 4.78. The van der Waals surface area contributed by atoms with Crippen molar-refractivity contribution in [1.82, 2.24) is 4.64 Å². The Morgan fingerprint density at radius 2 is 1.43 bits per heavy atom. The third-order valence-electron chi connectivity index (χ3n) is 2.27. The van der Waals surface area contributed by atoms with Gasteiger partial charge in [-0.1, -0.05) is 0 Å². The van der Waals surface area contributed by atoms with Gasteiger partial charge in [-0.2, -0.15) is 0 Å². The van der Waals surface area contributed by atoms with Crippen molar-refractivity contribution >= 4 is 11.8 Å². The summed E-state index contributed by atoms with van der Waals surface area (Å²) in [7, 11) is 0. The molecule has 0 aliphatic carbocycles. The van der Waals surface area contributed by atoms with Crippen LogP contribution in [0.1, 0.15) is 27.7 Å². The van der Waals surface area contributed by atoms with Crippen LogP contribution in [-0.2, 0) is 4.74 Å². The Morgan fingerprint density at radius 1 is 1.07 bits per heavy atom. The van der Waals surface area contributed by atoms with E-state index in [9.17, 15) is 17.7 Å². The number of nitrogens with zero attached hydrogens (tertiary/aromatic N) is 1. The Labute approximate surface area is 84.8 Å². The summed E-state index contributed by atoms with van der Waals surface area (Å²) in [4.78, 5) is 0. The topological polar surface area (TPSA) is 12.5 Å². The van der Waals surface area contributed by atoms with E-state index in [-0.39, 0.29) is 4.64 Å². The third kappa shape index (κ3) is 3.25. The van der Waals surface area contributed by atoms with E-state index in [1.54, 1.807) is 0 Å². The van der Waals surface area contributed by atoms with Crippen LogP contribution in [0.2, 0.25) is 0 Å². The maximum atomic E-state index is 12.7. The van der Waals surface area contributed by atoms with Crippen molar-refractivity contribution in [3.8, 4) is 0 Å². The summed E-state index contributed by atoms with van der Waals surface area (Å²) in [6, 6.07) is 0. The standard InChI is InChI=1S/C7H12ClF4NO/c1-5(2,13(8)12)6(3,4)14-7(9,10)11/h1-4H3. The minimum atomic E-state index is -4.83. The van der Waals surface area contributed by atoms with E-state index in [1.807, 2.05) is 0 Å². The van der Waals surface area contributed by atoms with E-state index in [0.717, 1.165) is 13.8 Å². The zero-order valence-electron chi connectivity index (χ0n) is 8.25. The highest BCUT2D eigenvalue weighted by molar-refractivity contribution is 6.13. The molecule has 0 rings (SSSR count). The quantitative estimate of drug-likeness (QED) is 0.551. The minimum absolute atomic E-state index is 0.321. The molecule has 0 saturated carbocycles. The fraction of sp³-hybridized carbons (Fsp3) is 1.00. The molecule has 0 aliphatic rings. The molecule has 0 aromatic rings. The van der Waals surface area contributed by atoms with Gasteiger partial charge in [0.2, 0.25) is 0 Å². The smallest absolute Gasteiger partial charge is 0.284 e. The van der Waals surface area contributed by atoms with Crippen molar-refractivity contribution in [3.05, 3.63) is 0 Å². The first-order chi connectivity index (χ1) is 5.90. The van der Waals surface area contributed by atoms with Crippen molar-refractivity contribution in [2.75, 3.05) is 0 Å². The highest BCUT2D eigenvalue weighted by Crippen LogP contribution is 2.37. The first-order valence-corrected chi connectivity index (χ1v) is 4.12. The van der Waals surface area contributed by atoms with Crippen LogP contribution in [0.4, 0.5) is 17.7 Å². The fourth-order valence-electron chi connectivity index (χ4n) is 0.618. The maximum absolute atomic E-state index is 12.7. The van der Waals surface area contributed by atoms with Gasteiger partial charge in [-0.3, -0.25) is 4.74 Å². The van der Waals surface area contributed by atoms with Gasteiger partial charge in [0.15, 0.2) is 0 Å². The second-order valence-electron chi connectivity index (χ2n) is 3.85. The highest BCUT2D eigenvalue weighted by atomic mass is 35.5. The lowest BCUT2D eigenvalue weighted by Gasteiger charge is -2.41. The molecule has 0 saturated heterocycles. The largest absolute Gasteiger partial charge is 0.523 e. The van der Waals surface area contributed by atoms with E-state index < -0.39 is 17.5 Å². The molecule has 0 bridgehead atoms. The Bertz CT molecular complexity index is 202. The summed E-state index contributed by atoms with van der Waals surface area (Å²) in [5, 5.41) is 0. The SMILES string of the molecule is CC(C)(OC(F)(F)F)C(C)(C)N(F)Cl. The van der Waals surface area contributed by atoms with E-state index in [1.165, 1.54) is 13.8 Å². The van der Waals surface area contributed by atoms with Gasteiger partial charge in [-0.05, 0) is 32.3 Å². The zero-order valence-corrected chi connectivity index (χ0v) is 9.00. The number of hydrogen-bond acceptors (Lipinski definition) is 2. The third-order valence-corrected chi connectivity index (χ3v) is 2.69. The van der Waals surface area contributed by atoms with Crippen LogP contribution in [0.5, 0.6) is 0 Å². The number of hydrogen-bond donors (Lipinski definition) is 0. The van der Waals surface area contributed by atoms with Crippen LogP contribution >= 0.6 is 11.8 Å². The monoisotopic (exact) mass is 237 g/mol. The van der Waals surface area contributed by atoms with Crippen molar-refractivity contribution in [2.45, 2.75) is 45.2 Å². The minimum Gasteiger partial charge on any atom is -0.284 e. The summed E-state index contributed by atoms with van der Waals surface area (Å²) in [5.74, 6) is 0. The average Bonchev–Trinajstić information content (AvgIpc) is 1.80. The van der Waals surface area contributed by atoms with Crippen LogP contribution in [0.15, 0.2) is 0 Å². The van der Waals surface area contributed by atoms with Gasteiger partial charge in [0.05, 0.1) is 11.1 Å². The van der Waals surface area contributed by atoms with Crippen molar-refractivity contribution < 1.29 is 22.4 Å². The second kappa shape index (κ2) is 3.83. The summed E-state index contributed by atoms with van der Waals surface area (Å²) >= 11 is 5.00. The number of halogens is 5. The molecule has 0 N–H and O–H groups in total. The molecule has 2 nitrogen and oxygen atoms in total. The molecule has 0 fully saturated rings. The highest BCUT2D eigenvalue weighted by Gasteiger charge is 2.50. The normalized spacial score (nSPS) is 15.0. The lowest BCUT2D eigenvalue weighted by molar-refractivity contribution is -0.377. The van der Waals surface area contributed by atoms with Crippen molar-refractivity contribution in [1.29, 1.82) is 0 Å². The maximum Gasteiger partial charge on any atom is 0.523 e. The van der Waals surface area contributed by atoms with E-state index in [0.29, 0.717) is 0 Å². The molecular weight excluding hydrogens is 226 g/mol. The molecule has 0 unspecified atom stereocenters. The number of alkyl halides is 3. The molecule has 0 heterocycles. The molecule has 0 aromatic heterocycles. The molecule has 14 heavy (non-hydrogen) atoms. The summed E-state index contributed by atoms with van der Waals surface area (Å²) in [5.41, 5.74) is -3.41. The Hall–Kier alpha value is -0.0700. The first kappa shape index (κ1) is 13.9. The molecule has 0 amide bonds. The molecule has 0 aliphatic heterocycles. The summed E-state index contributed by atoms with van der Waals surface area (Å²) < 4.78 is 52.0. The average molecular weight is 238 g/mol. The second-order valence-corrected chi connectivity index (χ2v) is 4.15. The van der Waals surface area contributed by atoms with E-state index in [2.05, 4.69) is 4.74 Å². The molecule has 0 aromatic carbocycles. The van der Waals surface area contributed by atoms with Gasteiger partial charge in [0, 0.05) is 11.8 Å². The first-order valence-electron chi connectivity index (χ1n) is 3.79. The van der Waals surface area contributed by atoms with Crippen LogP contribution in [0.3, 0.4) is 0 Å². The Kier molecular flexibility index (Phi) is 3.81. The van der Waals surface area contributed by atoms with Crippen LogP contribution < -0.4 is 0 Å². The summed E-state index contributed by atoms with van der Waals surface area (Å²) in [6.45, 7) is 4.61. The predicted octanol–water partition coefficient (Wildman–Crippen LogP) is 3.42. The van der Waals surface area contributed by atoms with Gasteiger partial charge < -0.3 is 0 Å². The van der Waals surface area contributed by atoms with Gasteiger partial charge in [0.1, 0.15) is 0 Å². The zero-order chi connectivity index (χ0) is 11.8. The lowest BCUT2D eigenvalue weighted by Crippen LogP contribution is -2.55. The van der Waals surface area contributed by atoms with Crippen LogP contribution in [-0.4, -0.2) is 22.1 Å². The van der Waals surface area contributed by atoms with Gasteiger partial charge >= 0.3 is 6.36 Å². The predicted molar refractivity (Wildman–Crippen MR) is 44.1 cm³/mol. The van der Waals surface area contributed by atoms with Gasteiger partial charge in [-0.15, -0.1) is 17.7 Å². The fourth-order valence-corrected chi connectivity index (χ4v) is 0.821. The van der Waals surface area contributed by atoms with Crippen LogP contribution in [0, 0.1) is 0 Å². The van der Waals surface area contributed by atoms with E-state index in [4.69, 9.17) is 11.8 Å². The lowest BCUT2D eigenvalue weighted by atomic mass is 9.87. The van der Waals surface area contributed by atoms with E-state index >= 15 is 0 Å².